The van der Waals surface area contributed by atoms with Crippen molar-refractivity contribution in [1.29, 1.82) is 0 Å². The summed E-state index contributed by atoms with van der Waals surface area (Å²) in [5.41, 5.74) is 2.56. The smallest absolute Gasteiger partial charge is 0.127 e. The molecule has 0 amide bonds. The number of rotatable bonds is 3. The third-order valence-corrected chi connectivity index (χ3v) is 4.88. The highest BCUT2D eigenvalue weighted by atomic mass is 35.5. The Morgan fingerprint density at radius 1 is 1.39 bits per heavy atom. The Morgan fingerprint density at radius 3 is 2.78 bits per heavy atom. The Kier molecular flexibility index (Phi) is 4.31. The second kappa shape index (κ2) is 5.60. The number of alkyl halides is 1. The van der Waals surface area contributed by atoms with Crippen molar-refractivity contribution >= 4 is 34.5 Å². The highest BCUT2D eigenvalue weighted by molar-refractivity contribution is 7.10. The van der Waals surface area contributed by atoms with E-state index in [1.807, 2.05) is 5.38 Å². The van der Waals surface area contributed by atoms with E-state index < -0.39 is 0 Å². The minimum absolute atomic E-state index is 0.297. The average Bonchev–Trinajstić information content (AvgIpc) is 2.81. The first kappa shape index (κ1) is 13.9. The largest absolute Gasteiger partial charge is 0.207 e. The molecule has 0 aliphatic rings. The summed E-state index contributed by atoms with van der Waals surface area (Å²) >= 11 is 14.2. The SMILES string of the molecule is CCc1ccsc1C(Cl)c1cc(C)c(F)cc1Cl. The third-order valence-electron chi connectivity index (χ3n) is 2.94. The van der Waals surface area contributed by atoms with Crippen LogP contribution >= 0.6 is 34.5 Å². The molecule has 0 N–H and O–H groups in total. The zero-order valence-electron chi connectivity index (χ0n) is 10.1. The lowest BCUT2D eigenvalue weighted by molar-refractivity contribution is 0.618. The highest BCUT2D eigenvalue weighted by Gasteiger charge is 2.19. The molecule has 1 aromatic carbocycles. The molecular weight excluding hydrogens is 290 g/mol. The molecule has 2 aromatic rings. The van der Waals surface area contributed by atoms with Crippen LogP contribution in [0, 0.1) is 12.7 Å². The summed E-state index contributed by atoms with van der Waals surface area (Å²) in [7, 11) is 0. The van der Waals surface area contributed by atoms with Crippen molar-refractivity contribution in [1.82, 2.24) is 0 Å². The van der Waals surface area contributed by atoms with Gasteiger partial charge in [-0.1, -0.05) is 18.5 Å². The van der Waals surface area contributed by atoms with Crippen LogP contribution in [0.15, 0.2) is 23.6 Å². The van der Waals surface area contributed by atoms with Crippen LogP contribution in [0.4, 0.5) is 4.39 Å². The van der Waals surface area contributed by atoms with Gasteiger partial charge in [0.05, 0.1) is 5.38 Å². The Morgan fingerprint density at radius 2 is 2.11 bits per heavy atom. The van der Waals surface area contributed by atoms with Crippen LogP contribution in [-0.2, 0) is 6.42 Å². The zero-order valence-corrected chi connectivity index (χ0v) is 12.5. The van der Waals surface area contributed by atoms with Gasteiger partial charge in [-0.05, 0) is 53.6 Å². The van der Waals surface area contributed by atoms with Crippen LogP contribution in [0.3, 0.4) is 0 Å². The quantitative estimate of drug-likeness (QED) is 0.634. The van der Waals surface area contributed by atoms with Gasteiger partial charge in [-0.2, -0.15) is 0 Å². The summed E-state index contributed by atoms with van der Waals surface area (Å²) in [6.07, 6.45) is 0.930. The number of thiophene rings is 1. The van der Waals surface area contributed by atoms with Crippen LogP contribution < -0.4 is 0 Å². The van der Waals surface area contributed by atoms with Gasteiger partial charge in [0.2, 0.25) is 0 Å². The molecule has 0 aliphatic carbocycles. The van der Waals surface area contributed by atoms with Crippen molar-refractivity contribution in [3.8, 4) is 0 Å². The molecule has 1 aromatic heterocycles. The van der Waals surface area contributed by atoms with Gasteiger partial charge in [-0.25, -0.2) is 4.39 Å². The van der Waals surface area contributed by atoms with E-state index in [1.165, 1.54) is 11.6 Å². The molecule has 1 heterocycles. The lowest BCUT2D eigenvalue weighted by atomic mass is 10.0. The molecule has 0 radical (unpaired) electrons. The molecule has 0 fully saturated rings. The van der Waals surface area contributed by atoms with Crippen molar-refractivity contribution in [2.75, 3.05) is 0 Å². The Hall–Kier alpha value is -0.570. The molecule has 96 valence electrons. The Labute approximate surface area is 120 Å². The predicted octanol–water partition coefficient (Wildman–Crippen LogP) is 5.74. The minimum Gasteiger partial charge on any atom is -0.207 e. The van der Waals surface area contributed by atoms with Crippen molar-refractivity contribution in [2.24, 2.45) is 0 Å². The monoisotopic (exact) mass is 302 g/mol. The molecular formula is C14H13Cl2FS. The van der Waals surface area contributed by atoms with Crippen LogP contribution in [0.25, 0.3) is 0 Å². The van der Waals surface area contributed by atoms with Crippen molar-refractivity contribution in [2.45, 2.75) is 25.6 Å². The number of hydrogen-bond donors (Lipinski definition) is 0. The fraction of sp³-hybridized carbons (Fsp3) is 0.286. The summed E-state index contributed by atoms with van der Waals surface area (Å²) in [5, 5.41) is 2.09. The lowest BCUT2D eigenvalue weighted by Gasteiger charge is -2.13. The van der Waals surface area contributed by atoms with Gasteiger partial charge in [0.15, 0.2) is 0 Å². The predicted molar refractivity (Wildman–Crippen MR) is 77.5 cm³/mol. The minimum atomic E-state index is -0.313. The van der Waals surface area contributed by atoms with Gasteiger partial charge in [-0.15, -0.1) is 22.9 Å². The molecule has 2 rings (SSSR count). The maximum atomic E-state index is 13.4. The molecule has 0 saturated carbocycles. The van der Waals surface area contributed by atoms with Gasteiger partial charge in [-0.3, -0.25) is 0 Å². The molecule has 0 spiro atoms. The summed E-state index contributed by atoms with van der Waals surface area (Å²) in [6.45, 7) is 3.81. The number of halogens is 3. The van der Waals surface area contributed by atoms with Crippen LogP contribution in [0.5, 0.6) is 0 Å². The third kappa shape index (κ3) is 2.56. The molecule has 0 aliphatic heterocycles. The number of aryl methyl sites for hydroxylation is 2. The van der Waals surface area contributed by atoms with E-state index in [2.05, 4.69) is 13.0 Å². The first-order valence-corrected chi connectivity index (χ1v) is 7.39. The zero-order chi connectivity index (χ0) is 13.3. The van der Waals surface area contributed by atoms with E-state index >= 15 is 0 Å². The maximum absolute atomic E-state index is 13.4. The summed E-state index contributed by atoms with van der Waals surface area (Å²) in [6, 6.07) is 5.13. The summed E-state index contributed by atoms with van der Waals surface area (Å²) in [5.74, 6) is -0.297. The first-order chi connectivity index (χ1) is 8.54. The lowest BCUT2D eigenvalue weighted by Crippen LogP contribution is -1.97. The molecule has 0 nitrogen and oxygen atoms in total. The summed E-state index contributed by atoms with van der Waals surface area (Å²) in [4.78, 5) is 1.09. The fourth-order valence-corrected chi connectivity index (χ4v) is 3.66. The molecule has 1 atom stereocenters. The van der Waals surface area contributed by atoms with Gasteiger partial charge in [0.1, 0.15) is 5.82 Å². The fourth-order valence-electron chi connectivity index (χ4n) is 1.88. The van der Waals surface area contributed by atoms with Crippen LogP contribution in [0.1, 0.15) is 33.9 Å². The highest BCUT2D eigenvalue weighted by Crippen LogP contribution is 2.39. The molecule has 0 saturated heterocycles. The van der Waals surface area contributed by atoms with Crippen molar-refractivity contribution in [3.63, 3.8) is 0 Å². The molecule has 0 bridgehead atoms. The molecule has 18 heavy (non-hydrogen) atoms. The normalized spacial score (nSPS) is 12.7. The standard InChI is InChI=1S/C14H13Cl2FS/c1-3-9-4-5-18-14(9)13(16)10-6-8(2)12(17)7-11(10)15/h4-7,13H,3H2,1-2H3. The molecule has 4 heteroatoms. The van der Waals surface area contributed by atoms with E-state index in [1.54, 1.807) is 24.3 Å². The topological polar surface area (TPSA) is 0 Å². The van der Waals surface area contributed by atoms with Gasteiger partial charge in [0.25, 0.3) is 0 Å². The Balaban J connectivity index is 2.46. The number of hydrogen-bond acceptors (Lipinski definition) is 1. The number of benzene rings is 1. The van der Waals surface area contributed by atoms with E-state index in [-0.39, 0.29) is 11.2 Å². The van der Waals surface area contributed by atoms with Crippen molar-refractivity contribution < 1.29 is 4.39 Å². The first-order valence-electron chi connectivity index (χ1n) is 5.70. The van der Waals surface area contributed by atoms with Crippen LogP contribution in [-0.4, -0.2) is 0 Å². The van der Waals surface area contributed by atoms with E-state index in [0.717, 1.165) is 16.9 Å². The van der Waals surface area contributed by atoms with Gasteiger partial charge < -0.3 is 0 Å². The van der Waals surface area contributed by atoms with Gasteiger partial charge >= 0.3 is 0 Å². The Bertz CT molecular complexity index is 563. The second-order valence-electron chi connectivity index (χ2n) is 4.15. The second-order valence-corrected chi connectivity index (χ2v) is 5.94. The maximum Gasteiger partial charge on any atom is 0.127 e. The van der Waals surface area contributed by atoms with E-state index in [9.17, 15) is 4.39 Å². The average molecular weight is 303 g/mol. The summed E-state index contributed by atoms with van der Waals surface area (Å²) < 4.78 is 13.4. The van der Waals surface area contributed by atoms with Crippen LogP contribution in [0.2, 0.25) is 5.02 Å². The van der Waals surface area contributed by atoms with Gasteiger partial charge in [0, 0.05) is 9.90 Å². The van der Waals surface area contributed by atoms with Crippen molar-refractivity contribution in [3.05, 3.63) is 56.0 Å². The van der Waals surface area contributed by atoms with E-state index in [4.69, 9.17) is 23.2 Å². The van der Waals surface area contributed by atoms with E-state index in [0.29, 0.717) is 10.6 Å². The molecule has 1 unspecified atom stereocenters.